The number of pyridine rings is 1. The molecule has 90 valence electrons. The van der Waals surface area contributed by atoms with Crippen molar-refractivity contribution in [1.82, 2.24) is 4.98 Å². The Morgan fingerprint density at radius 3 is 2.59 bits per heavy atom. The monoisotopic (exact) mass is 249 g/mol. The van der Waals surface area contributed by atoms with Crippen LogP contribution in [0.3, 0.4) is 0 Å². The van der Waals surface area contributed by atoms with E-state index in [0.29, 0.717) is 12.0 Å². The van der Waals surface area contributed by atoms with E-state index in [2.05, 4.69) is 37.9 Å². The summed E-state index contributed by atoms with van der Waals surface area (Å²) < 4.78 is 13.5. The van der Waals surface area contributed by atoms with Gasteiger partial charge in [0, 0.05) is 22.4 Å². The highest BCUT2D eigenvalue weighted by Gasteiger charge is 2.16. The zero-order valence-electron chi connectivity index (χ0n) is 10.3. The molecule has 0 amide bonds. The second kappa shape index (κ2) is 4.57. The van der Waals surface area contributed by atoms with Gasteiger partial charge in [-0.05, 0) is 29.2 Å². The molecule has 0 radical (unpaired) electrons. The van der Waals surface area contributed by atoms with Crippen molar-refractivity contribution < 1.29 is 4.39 Å². The van der Waals surface area contributed by atoms with E-state index >= 15 is 0 Å². The van der Waals surface area contributed by atoms with E-state index in [1.54, 1.807) is 23.6 Å². The zero-order valence-corrected chi connectivity index (χ0v) is 11.1. The summed E-state index contributed by atoms with van der Waals surface area (Å²) in [5.74, 6) is -0.224. The molecule has 0 aromatic carbocycles. The molecule has 17 heavy (non-hydrogen) atoms. The lowest BCUT2D eigenvalue weighted by Crippen LogP contribution is -2.07. The first kappa shape index (κ1) is 12.2. The van der Waals surface area contributed by atoms with Crippen LogP contribution in [0.5, 0.6) is 0 Å². The SMILES string of the molecule is CC(C)(C)c1ccc(Cc2ccncc2F)s1. The summed E-state index contributed by atoms with van der Waals surface area (Å²) in [4.78, 5) is 6.29. The van der Waals surface area contributed by atoms with E-state index in [4.69, 9.17) is 0 Å². The maximum Gasteiger partial charge on any atom is 0.145 e. The Kier molecular flexibility index (Phi) is 3.29. The van der Waals surface area contributed by atoms with E-state index in [9.17, 15) is 4.39 Å². The fraction of sp³-hybridized carbons (Fsp3) is 0.357. The maximum atomic E-state index is 13.5. The molecule has 2 rings (SSSR count). The molecule has 0 unspecified atom stereocenters. The number of nitrogens with zero attached hydrogens (tertiary/aromatic N) is 1. The van der Waals surface area contributed by atoms with Crippen molar-refractivity contribution in [2.75, 3.05) is 0 Å². The molecule has 0 aliphatic heterocycles. The molecule has 3 heteroatoms. The van der Waals surface area contributed by atoms with Crippen molar-refractivity contribution in [2.24, 2.45) is 0 Å². The average Bonchev–Trinajstić information content (AvgIpc) is 2.69. The van der Waals surface area contributed by atoms with Gasteiger partial charge < -0.3 is 0 Å². The van der Waals surface area contributed by atoms with Crippen LogP contribution in [0, 0.1) is 5.82 Å². The standard InChI is InChI=1S/C14H16FNS/c1-14(2,3)13-5-4-11(17-13)8-10-6-7-16-9-12(10)15/h4-7,9H,8H2,1-3H3. The predicted molar refractivity (Wildman–Crippen MR) is 70.0 cm³/mol. The highest BCUT2D eigenvalue weighted by molar-refractivity contribution is 7.12. The van der Waals surface area contributed by atoms with E-state index < -0.39 is 0 Å². The van der Waals surface area contributed by atoms with Gasteiger partial charge in [-0.3, -0.25) is 4.98 Å². The van der Waals surface area contributed by atoms with Crippen molar-refractivity contribution in [3.8, 4) is 0 Å². The first-order valence-electron chi connectivity index (χ1n) is 5.64. The van der Waals surface area contributed by atoms with Gasteiger partial charge in [-0.2, -0.15) is 0 Å². The van der Waals surface area contributed by atoms with Crippen LogP contribution in [0.15, 0.2) is 30.6 Å². The van der Waals surface area contributed by atoms with Crippen LogP contribution in [0.1, 0.15) is 36.1 Å². The molecular formula is C14H16FNS. The third kappa shape index (κ3) is 2.91. The van der Waals surface area contributed by atoms with Crippen molar-refractivity contribution in [3.63, 3.8) is 0 Å². The highest BCUT2D eigenvalue weighted by Crippen LogP contribution is 2.30. The molecule has 0 aliphatic rings. The van der Waals surface area contributed by atoms with Crippen LogP contribution in [-0.4, -0.2) is 4.98 Å². The molecule has 0 fully saturated rings. The summed E-state index contributed by atoms with van der Waals surface area (Å²) in [5, 5.41) is 0. The van der Waals surface area contributed by atoms with Crippen LogP contribution in [0.2, 0.25) is 0 Å². The summed E-state index contributed by atoms with van der Waals surface area (Å²) >= 11 is 1.76. The number of rotatable bonds is 2. The third-order valence-electron chi connectivity index (χ3n) is 2.62. The van der Waals surface area contributed by atoms with Gasteiger partial charge in [0.05, 0.1) is 6.20 Å². The Hall–Kier alpha value is -1.22. The minimum atomic E-state index is -0.224. The fourth-order valence-corrected chi connectivity index (χ4v) is 2.70. The molecule has 2 aromatic rings. The van der Waals surface area contributed by atoms with Gasteiger partial charge in [0.1, 0.15) is 5.82 Å². The molecule has 0 aliphatic carbocycles. The minimum absolute atomic E-state index is 0.166. The first-order valence-corrected chi connectivity index (χ1v) is 6.46. The molecule has 0 saturated heterocycles. The molecule has 0 spiro atoms. The Labute approximate surface area is 105 Å². The lowest BCUT2D eigenvalue weighted by Gasteiger charge is -2.15. The molecule has 0 atom stereocenters. The van der Waals surface area contributed by atoms with Gasteiger partial charge in [0.2, 0.25) is 0 Å². The smallest absolute Gasteiger partial charge is 0.145 e. The Balaban J connectivity index is 2.21. The Bertz CT molecular complexity index is 511. The molecule has 0 bridgehead atoms. The number of hydrogen-bond acceptors (Lipinski definition) is 2. The highest BCUT2D eigenvalue weighted by atomic mass is 32.1. The van der Waals surface area contributed by atoms with Crippen LogP contribution >= 0.6 is 11.3 Å². The van der Waals surface area contributed by atoms with Gasteiger partial charge in [-0.25, -0.2) is 4.39 Å². The predicted octanol–water partition coefficient (Wildman–Crippen LogP) is 4.17. The lowest BCUT2D eigenvalue weighted by molar-refractivity contribution is 0.604. The van der Waals surface area contributed by atoms with Gasteiger partial charge in [0.25, 0.3) is 0 Å². The van der Waals surface area contributed by atoms with Gasteiger partial charge >= 0.3 is 0 Å². The molecule has 0 saturated carbocycles. The second-order valence-electron chi connectivity index (χ2n) is 5.16. The van der Waals surface area contributed by atoms with Crippen molar-refractivity contribution >= 4 is 11.3 Å². The van der Waals surface area contributed by atoms with Gasteiger partial charge in [-0.1, -0.05) is 20.8 Å². The number of halogens is 1. The molecule has 2 aromatic heterocycles. The largest absolute Gasteiger partial charge is 0.262 e. The van der Waals surface area contributed by atoms with Crippen molar-refractivity contribution in [3.05, 3.63) is 51.7 Å². The summed E-state index contributed by atoms with van der Waals surface area (Å²) in [6.45, 7) is 6.57. The summed E-state index contributed by atoms with van der Waals surface area (Å²) in [5.41, 5.74) is 0.877. The fourth-order valence-electron chi connectivity index (χ4n) is 1.61. The quantitative estimate of drug-likeness (QED) is 0.778. The van der Waals surface area contributed by atoms with Crippen LogP contribution < -0.4 is 0 Å². The van der Waals surface area contributed by atoms with Crippen LogP contribution in [-0.2, 0) is 11.8 Å². The summed E-state index contributed by atoms with van der Waals surface area (Å²) in [6.07, 6.45) is 3.55. The maximum absolute atomic E-state index is 13.5. The number of thiophene rings is 1. The Morgan fingerprint density at radius 2 is 2.00 bits per heavy atom. The van der Waals surface area contributed by atoms with E-state index in [1.165, 1.54) is 16.0 Å². The molecular weight excluding hydrogens is 233 g/mol. The van der Waals surface area contributed by atoms with Crippen molar-refractivity contribution in [2.45, 2.75) is 32.6 Å². The topological polar surface area (TPSA) is 12.9 Å². The van der Waals surface area contributed by atoms with E-state index in [0.717, 1.165) is 0 Å². The normalized spacial score (nSPS) is 11.8. The zero-order chi connectivity index (χ0) is 12.5. The summed E-state index contributed by atoms with van der Waals surface area (Å²) in [6, 6.07) is 5.97. The number of aromatic nitrogens is 1. The minimum Gasteiger partial charge on any atom is -0.262 e. The first-order chi connectivity index (χ1) is 7.97. The van der Waals surface area contributed by atoms with Crippen LogP contribution in [0.4, 0.5) is 4.39 Å². The summed E-state index contributed by atoms with van der Waals surface area (Å²) in [7, 11) is 0. The van der Waals surface area contributed by atoms with Crippen LogP contribution in [0.25, 0.3) is 0 Å². The molecule has 2 heterocycles. The van der Waals surface area contributed by atoms with Gasteiger partial charge in [-0.15, -0.1) is 11.3 Å². The van der Waals surface area contributed by atoms with E-state index in [1.807, 2.05) is 0 Å². The Morgan fingerprint density at radius 1 is 1.24 bits per heavy atom. The molecule has 0 N–H and O–H groups in total. The number of hydrogen-bond donors (Lipinski definition) is 0. The van der Waals surface area contributed by atoms with E-state index in [-0.39, 0.29) is 11.2 Å². The van der Waals surface area contributed by atoms with Crippen molar-refractivity contribution in [1.29, 1.82) is 0 Å². The molecule has 1 nitrogen and oxygen atoms in total. The second-order valence-corrected chi connectivity index (χ2v) is 6.33. The lowest BCUT2D eigenvalue weighted by atomic mass is 9.95. The average molecular weight is 249 g/mol. The van der Waals surface area contributed by atoms with Gasteiger partial charge in [0.15, 0.2) is 0 Å². The third-order valence-corrected chi connectivity index (χ3v) is 4.13.